The third-order valence-electron chi connectivity index (χ3n) is 5.27. The number of guanidine groups is 1. The predicted octanol–water partition coefficient (Wildman–Crippen LogP) is 4.46. The molecule has 1 aliphatic rings. The van der Waals surface area contributed by atoms with E-state index >= 15 is 0 Å². The van der Waals surface area contributed by atoms with Crippen LogP contribution in [0.5, 0.6) is 0 Å². The molecule has 3 N–H and O–H groups in total. The number of hydrogen-bond donors (Lipinski definition) is 3. The van der Waals surface area contributed by atoms with Crippen molar-refractivity contribution in [3.63, 3.8) is 0 Å². The second kappa shape index (κ2) is 12.6. The van der Waals surface area contributed by atoms with Gasteiger partial charge in [-0.2, -0.15) is 0 Å². The van der Waals surface area contributed by atoms with Gasteiger partial charge in [0, 0.05) is 41.9 Å². The molecule has 1 aromatic carbocycles. The van der Waals surface area contributed by atoms with Crippen LogP contribution in [0.1, 0.15) is 42.0 Å². The van der Waals surface area contributed by atoms with Gasteiger partial charge in [0.2, 0.25) is 0 Å². The van der Waals surface area contributed by atoms with Crippen molar-refractivity contribution in [1.82, 2.24) is 10.6 Å². The van der Waals surface area contributed by atoms with E-state index in [-0.39, 0.29) is 41.9 Å². The second-order valence-corrected chi connectivity index (χ2v) is 9.33. The zero-order chi connectivity index (χ0) is 21.5. The number of aliphatic hydroxyl groups excluding tert-OH is 1. The van der Waals surface area contributed by atoms with Crippen LogP contribution < -0.4 is 15.5 Å². The number of rotatable bonds is 7. The molecule has 1 aromatic heterocycles. The Hall–Kier alpha value is -1.39. The first-order valence-corrected chi connectivity index (χ1v) is 11.6. The van der Waals surface area contributed by atoms with E-state index in [1.165, 1.54) is 9.75 Å². The van der Waals surface area contributed by atoms with Gasteiger partial charge in [0.25, 0.3) is 0 Å². The van der Waals surface area contributed by atoms with Crippen LogP contribution in [0.25, 0.3) is 0 Å². The summed E-state index contributed by atoms with van der Waals surface area (Å²) in [6.45, 7) is 8.86. The Morgan fingerprint density at radius 2 is 2.03 bits per heavy atom. The third kappa shape index (κ3) is 7.91. The quantitative estimate of drug-likeness (QED) is 0.266. The molecule has 0 spiro atoms. The van der Waals surface area contributed by atoms with Gasteiger partial charge in [-0.25, -0.2) is 9.38 Å². The van der Waals surface area contributed by atoms with E-state index < -0.39 is 0 Å². The normalized spacial score (nSPS) is 16.0. The van der Waals surface area contributed by atoms with Gasteiger partial charge in [0.1, 0.15) is 5.82 Å². The van der Waals surface area contributed by atoms with Crippen LogP contribution in [0.2, 0.25) is 0 Å². The number of aliphatic imine (C=N–C) groups is 1. The van der Waals surface area contributed by atoms with Crippen LogP contribution in [0.3, 0.4) is 0 Å². The minimum atomic E-state index is -0.263. The fraction of sp³-hybridized carbons (Fsp3) is 0.522. The van der Waals surface area contributed by atoms with Gasteiger partial charge in [0.15, 0.2) is 5.96 Å². The average molecular weight is 561 g/mol. The highest BCUT2D eigenvalue weighted by Gasteiger charge is 2.19. The zero-order valence-corrected chi connectivity index (χ0v) is 21.7. The van der Waals surface area contributed by atoms with Crippen LogP contribution in [0.15, 0.2) is 35.3 Å². The van der Waals surface area contributed by atoms with Gasteiger partial charge in [-0.1, -0.05) is 6.07 Å². The van der Waals surface area contributed by atoms with Gasteiger partial charge < -0.3 is 20.6 Å². The Kier molecular flexibility index (Phi) is 10.5. The van der Waals surface area contributed by atoms with Crippen LogP contribution in [0, 0.1) is 12.7 Å². The summed E-state index contributed by atoms with van der Waals surface area (Å²) in [5.41, 5.74) is 1.45. The van der Waals surface area contributed by atoms with E-state index in [2.05, 4.69) is 41.6 Å². The van der Waals surface area contributed by atoms with Gasteiger partial charge >= 0.3 is 0 Å². The molecule has 1 unspecified atom stereocenters. The molecule has 0 bridgehead atoms. The first-order valence-electron chi connectivity index (χ1n) is 10.8. The molecular formula is C23H34FIN4OS. The fourth-order valence-electron chi connectivity index (χ4n) is 3.68. The maximum atomic E-state index is 14.7. The van der Waals surface area contributed by atoms with Crippen molar-refractivity contribution < 1.29 is 9.50 Å². The van der Waals surface area contributed by atoms with E-state index in [4.69, 9.17) is 0 Å². The number of nitrogens with one attached hydrogen (secondary N) is 2. The Bertz CT molecular complexity index is 852. The van der Waals surface area contributed by atoms with Crippen molar-refractivity contribution >= 4 is 47.0 Å². The summed E-state index contributed by atoms with van der Waals surface area (Å²) in [4.78, 5) is 9.33. The first kappa shape index (κ1) is 25.9. The van der Waals surface area contributed by atoms with Crippen LogP contribution in [0.4, 0.5) is 10.1 Å². The molecule has 3 rings (SSSR count). The number of anilines is 1. The molecule has 0 amide bonds. The number of benzene rings is 1. The molecule has 0 radical (unpaired) electrons. The minimum absolute atomic E-state index is 0. The largest absolute Gasteiger partial charge is 0.393 e. The second-order valence-electron chi connectivity index (χ2n) is 7.96. The number of aliphatic hydroxyl groups is 1. The van der Waals surface area contributed by atoms with E-state index in [0.29, 0.717) is 38.2 Å². The summed E-state index contributed by atoms with van der Waals surface area (Å²) in [5.74, 6) is 0.520. The Morgan fingerprint density at radius 3 is 2.65 bits per heavy atom. The smallest absolute Gasteiger partial charge is 0.191 e. The van der Waals surface area contributed by atoms with Crippen LogP contribution in [-0.4, -0.2) is 42.8 Å². The summed E-state index contributed by atoms with van der Waals surface area (Å²) in [5, 5.41) is 16.4. The third-order valence-corrected chi connectivity index (χ3v) is 6.29. The molecular weight excluding hydrogens is 526 g/mol. The summed E-state index contributed by atoms with van der Waals surface area (Å²) >= 11 is 1.82. The number of aryl methyl sites for hydroxylation is 1. The Balaban J connectivity index is 0.00000341. The first-order chi connectivity index (χ1) is 14.4. The molecule has 172 valence electrons. The van der Waals surface area contributed by atoms with Gasteiger partial charge in [0.05, 0.1) is 18.3 Å². The van der Waals surface area contributed by atoms with Crippen LogP contribution >= 0.6 is 35.3 Å². The number of hydrogen-bond acceptors (Lipinski definition) is 4. The summed E-state index contributed by atoms with van der Waals surface area (Å²) < 4.78 is 14.7. The monoisotopic (exact) mass is 560 g/mol. The van der Waals surface area contributed by atoms with Crippen molar-refractivity contribution in [2.75, 3.05) is 24.5 Å². The van der Waals surface area contributed by atoms with E-state index in [1.807, 2.05) is 35.3 Å². The van der Waals surface area contributed by atoms with Crippen LogP contribution in [-0.2, 0) is 13.0 Å². The molecule has 0 aliphatic carbocycles. The molecule has 2 heterocycles. The lowest BCUT2D eigenvalue weighted by molar-refractivity contribution is 0.145. The Labute approximate surface area is 206 Å². The zero-order valence-electron chi connectivity index (χ0n) is 18.5. The number of nitrogens with zero attached hydrogens (tertiary/aromatic N) is 2. The summed E-state index contributed by atoms with van der Waals surface area (Å²) in [7, 11) is 0. The maximum Gasteiger partial charge on any atom is 0.191 e. The fourth-order valence-corrected chi connectivity index (χ4v) is 4.70. The van der Waals surface area contributed by atoms with E-state index in [9.17, 15) is 9.50 Å². The van der Waals surface area contributed by atoms with E-state index in [1.54, 1.807) is 6.07 Å². The lowest BCUT2D eigenvalue weighted by Crippen LogP contribution is -2.43. The van der Waals surface area contributed by atoms with Gasteiger partial charge in [-0.3, -0.25) is 0 Å². The van der Waals surface area contributed by atoms with Crippen molar-refractivity contribution in [3.8, 4) is 0 Å². The molecule has 1 aliphatic heterocycles. The standard InChI is InChI=1S/C23H33FN4OS.HI/c1-4-25-23(27-16(2)13-20-7-5-17(3)30-20)26-15-18-6-8-22(21(24)14-18)28-11-9-19(29)10-12-28;/h5-8,14,16,19,29H,4,9-13,15H2,1-3H3,(H2,25,26,27);1H. The van der Waals surface area contributed by atoms with Crippen molar-refractivity contribution in [2.45, 2.75) is 58.7 Å². The molecule has 1 saturated heterocycles. The van der Waals surface area contributed by atoms with Gasteiger partial charge in [-0.05, 0) is 63.4 Å². The Morgan fingerprint density at radius 1 is 1.29 bits per heavy atom. The molecule has 1 fully saturated rings. The topological polar surface area (TPSA) is 59.9 Å². The predicted molar refractivity (Wildman–Crippen MR) is 139 cm³/mol. The highest BCUT2D eigenvalue weighted by molar-refractivity contribution is 14.0. The van der Waals surface area contributed by atoms with Crippen molar-refractivity contribution in [2.24, 2.45) is 4.99 Å². The average Bonchev–Trinajstić information content (AvgIpc) is 3.11. The highest BCUT2D eigenvalue weighted by Crippen LogP contribution is 2.24. The lowest BCUT2D eigenvalue weighted by atomic mass is 10.1. The van der Waals surface area contributed by atoms with E-state index in [0.717, 1.165) is 24.5 Å². The summed E-state index contributed by atoms with van der Waals surface area (Å²) in [6, 6.07) is 9.92. The maximum absolute atomic E-state index is 14.7. The number of halogens is 2. The lowest BCUT2D eigenvalue weighted by Gasteiger charge is -2.31. The molecule has 31 heavy (non-hydrogen) atoms. The van der Waals surface area contributed by atoms with Crippen molar-refractivity contribution in [3.05, 3.63) is 51.5 Å². The number of thiophene rings is 1. The summed E-state index contributed by atoms with van der Waals surface area (Å²) in [6.07, 6.45) is 2.05. The minimum Gasteiger partial charge on any atom is -0.393 e. The molecule has 8 heteroatoms. The number of piperidine rings is 1. The molecule has 1 atom stereocenters. The molecule has 5 nitrogen and oxygen atoms in total. The van der Waals surface area contributed by atoms with Gasteiger partial charge in [-0.15, -0.1) is 35.3 Å². The molecule has 2 aromatic rings. The highest BCUT2D eigenvalue weighted by atomic mass is 127. The van der Waals surface area contributed by atoms with Crippen molar-refractivity contribution in [1.29, 1.82) is 0 Å². The molecule has 0 saturated carbocycles. The SMILES string of the molecule is CCNC(=NCc1ccc(N2CCC(O)CC2)c(F)c1)NC(C)Cc1ccc(C)s1.I.